The highest BCUT2D eigenvalue weighted by Gasteiger charge is 2.64. The van der Waals surface area contributed by atoms with Gasteiger partial charge in [0.2, 0.25) is 0 Å². The third-order valence-corrected chi connectivity index (χ3v) is 4.87. The zero-order valence-corrected chi connectivity index (χ0v) is 11.8. The monoisotopic (exact) mass is 283 g/mol. The molecule has 0 saturated heterocycles. The molecule has 1 aliphatic rings. The average molecular weight is 284 g/mol. The van der Waals surface area contributed by atoms with Gasteiger partial charge >= 0.3 is 0 Å². The minimum atomic E-state index is 0.421. The van der Waals surface area contributed by atoms with Crippen LogP contribution in [-0.2, 0) is 0 Å². The molecule has 1 aliphatic carbocycles. The lowest BCUT2D eigenvalue weighted by Crippen LogP contribution is -2.09. The van der Waals surface area contributed by atoms with Gasteiger partial charge in [0.05, 0.1) is 0 Å². The first-order valence-corrected chi connectivity index (χ1v) is 6.36. The second-order valence-electron chi connectivity index (χ2n) is 5.60. The fraction of sp³-hybridized carbons (Fsp3) is 0.667. The molecule has 1 aromatic heterocycles. The van der Waals surface area contributed by atoms with Crippen LogP contribution >= 0.6 is 15.9 Å². The van der Waals surface area contributed by atoms with E-state index >= 15 is 0 Å². The normalized spacial score (nSPS) is 21.8. The third-order valence-electron chi connectivity index (χ3n) is 4.44. The maximum Gasteiger partial charge on any atom is 0.130 e. The van der Waals surface area contributed by atoms with E-state index in [1.54, 1.807) is 6.33 Å². The Hall–Kier alpha value is -0.640. The van der Waals surface area contributed by atoms with Crippen molar-refractivity contribution < 1.29 is 0 Å². The summed E-state index contributed by atoms with van der Waals surface area (Å²) in [6.45, 7) is 10.3. The van der Waals surface area contributed by atoms with Gasteiger partial charge in [0, 0.05) is 12.6 Å². The van der Waals surface area contributed by atoms with Gasteiger partial charge in [-0.2, -0.15) is 0 Å². The Morgan fingerprint density at radius 2 is 1.88 bits per heavy atom. The summed E-state index contributed by atoms with van der Waals surface area (Å²) >= 11 is 3.34. The molecule has 1 aromatic rings. The fourth-order valence-corrected chi connectivity index (χ4v) is 2.79. The van der Waals surface area contributed by atoms with Crippen LogP contribution in [0.3, 0.4) is 0 Å². The minimum absolute atomic E-state index is 0.421. The molecule has 4 heteroatoms. The van der Waals surface area contributed by atoms with Gasteiger partial charge in [0.25, 0.3) is 0 Å². The molecular formula is C12H18BrN3. The Balaban J connectivity index is 1.95. The highest BCUT2D eigenvalue weighted by atomic mass is 79.9. The molecule has 0 radical (unpaired) electrons. The van der Waals surface area contributed by atoms with Gasteiger partial charge < -0.3 is 5.32 Å². The van der Waals surface area contributed by atoms with Crippen LogP contribution in [-0.4, -0.2) is 16.5 Å². The Morgan fingerprint density at radius 1 is 1.25 bits per heavy atom. The summed E-state index contributed by atoms with van der Waals surface area (Å²) in [5.74, 6) is 1.59. The Morgan fingerprint density at radius 3 is 2.38 bits per heavy atom. The summed E-state index contributed by atoms with van der Waals surface area (Å²) in [5.41, 5.74) is 0.842. The number of halogens is 1. The minimum Gasteiger partial charge on any atom is -0.370 e. The van der Waals surface area contributed by atoms with Gasteiger partial charge in [0.15, 0.2) is 0 Å². The standard InChI is InChI=1S/C12H18BrN3/c1-11(2)8(12(11,3)4)6-14-10-5-9(13)15-7-16-10/h5,7-8H,6H2,1-4H3,(H,14,15,16). The lowest BCUT2D eigenvalue weighted by Gasteiger charge is -2.06. The van der Waals surface area contributed by atoms with Crippen molar-refractivity contribution in [2.24, 2.45) is 16.7 Å². The summed E-state index contributed by atoms with van der Waals surface area (Å²) < 4.78 is 0.819. The topological polar surface area (TPSA) is 37.8 Å². The van der Waals surface area contributed by atoms with E-state index < -0.39 is 0 Å². The molecule has 3 nitrogen and oxygen atoms in total. The van der Waals surface area contributed by atoms with Crippen LogP contribution in [0.4, 0.5) is 5.82 Å². The quantitative estimate of drug-likeness (QED) is 0.865. The highest BCUT2D eigenvalue weighted by Crippen LogP contribution is 2.68. The smallest absolute Gasteiger partial charge is 0.130 e. The number of aromatic nitrogens is 2. The number of hydrogen-bond acceptors (Lipinski definition) is 3. The van der Waals surface area contributed by atoms with E-state index in [4.69, 9.17) is 0 Å². The molecular weight excluding hydrogens is 266 g/mol. The Labute approximate surface area is 105 Å². The lowest BCUT2D eigenvalue weighted by atomic mass is 10.0. The molecule has 1 heterocycles. The summed E-state index contributed by atoms with van der Waals surface area (Å²) in [4.78, 5) is 8.19. The molecule has 16 heavy (non-hydrogen) atoms. The van der Waals surface area contributed by atoms with Gasteiger partial charge in [-0.25, -0.2) is 9.97 Å². The number of nitrogens with zero attached hydrogens (tertiary/aromatic N) is 2. The maximum atomic E-state index is 4.18. The SMILES string of the molecule is CC1(C)C(CNc2cc(Br)ncn2)C1(C)C. The van der Waals surface area contributed by atoms with Crippen molar-refractivity contribution in [1.82, 2.24) is 9.97 Å². The van der Waals surface area contributed by atoms with E-state index in [1.165, 1.54) is 0 Å². The van der Waals surface area contributed by atoms with Crippen molar-refractivity contribution in [3.63, 3.8) is 0 Å². The first kappa shape index (κ1) is 11.8. The molecule has 1 fully saturated rings. The molecule has 0 bridgehead atoms. The lowest BCUT2D eigenvalue weighted by molar-refractivity contribution is 0.457. The maximum absolute atomic E-state index is 4.18. The van der Waals surface area contributed by atoms with Crippen LogP contribution in [0.25, 0.3) is 0 Å². The fourth-order valence-electron chi connectivity index (χ4n) is 2.48. The van der Waals surface area contributed by atoms with Crippen molar-refractivity contribution in [2.75, 3.05) is 11.9 Å². The summed E-state index contributed by atoms with van der Waals surface area (Å²) in [5, 5.41) is 3.38. The van der Waals surface area contributed by atoms with Gasteiger partial charge in [-0.1, -0.05) is 27.7 Å². The largest absolute Gasteiger partial charge is 0.370 e. The van der Waals surface area contributed by atoms with Crippen LogP contribution in [0.2, 0.25) is 0 Å². The number of anilines is 1. The van der Waals surface area contributed by atoms with Crippen molar-refractivity contribution in [1.29, 1.82) is 0 Å². The average Bonchev–Trinajstić information content (AvgIpc) is 2.55. The van der Waals surface area contributed by atoms with Crippen LogP contribution in [0.1, 0.15) is 27.7 Å². The molecule has 0 aromatic carbocycles. The first-order valence-electron chi connectivity index (χ1n) is 5.57. The van der Waals surface area contributed by atoms with Gasteiger partial charge in [-0.05, 0) is 32.7 Å². The van der Waals surface area contributed by atoms with E-state index in [1.807, 2.05) is 6.07 Å². The molecule has 2 rings (SSSR count). The second kappa shape index (κ2) is 3.69. The molecule has 1 saturated carbocycles. The number of hydrogen-bond donors (Lipinski definition) is 1. The van der Waals surface area contributed by atoms with E-state index in [-0.39, 0.29) is 0 Å². The van der Waals surface area contributed by atoms with Crippen LogP contribution in [0.5, 0.6) is 0 Å². The first-order chi connectivity index (χ1) is 7.35. The Bertz CT molecular complexity index is 387. The zero-order valence-electron chi connectivity index (χ0n) is 10.2. The summed E-state index contributed by atoms with van der Waals surface area (Å²) in [7, 11) is 0. The molecule has 0 atom stereocenters. The number of rotatable bonds is 3. The molecule has 0 spiro atoms. The number of nitrogens with one attached hydrogen (secondary N) is 1. The van der Waals surface area contributed by atoms with Crippen LogP contribution in [0, 0.1) is 16.7 Å². The van der Waals surface area contributed by atoms with Crippen molar-refractivity contribution in [3.05, 3.63) is 17.0 Å². The summed E-state index contributed by atoms with van der Waals surface area (Å²) in [6, 6.07) is 1.91. The van der Waals surface area contributed by atoms with E-state index in [0.29, 0.717) is 16.7 Å². The van der Waals surface area contributed by atoms with E-state index in [2.05, 4.69) is 58.9 Å². The van der Waals surface area contributed by atoms with Gasteiger partial charge in [0.1, 0.15) is 16.7 Å². The molecule has 0 unspecified atom stereocenters. The van der Waals surface area contributed by atoms with Gasteiger partial charge in [-0.3, -0.25) is 0 Å². The third kappa shape index (κ3) is 1.83. The predicted octanol–water partition coefficient (Wildman–Crippen LogP) is 3.33. The second-order valence-corrected chi connectivity index (χ2v) is 6.42. The molecule has 0 aliphatic heterocycles. The van der Waals surface area contributed by atoms with Crippen molar-refractivity contribution in [3.8, 4) is 0 Å². The van der Waals surface area contributed by atoms with Crippen LogP contribution in [0.15, 0.2) is 17.0 Å². The Kier molecular flexibility index (Phi) is 2.73. The molecule has 0 amide bonds. The predicted molar refractivity (Wildman–Crippen MR) is 69.3 cm³/mol. The molecule has 1 N–H and O–H groups in total. The zero-order chi connectivity index (χ0) is 12.0. The van der Waals surface area contributed by atoms with Crippen molar-refractivity contribution in [2.45, 2.75) is 27.7 Å². The van der Waals surface area contributed by atoms with E-state index in [0.717, 1.165) is 17.0 Å². The van der Waals surface area contributed by atoms with Crippen molar-refractivity contribution >= 4 is 21.7 Å². The van der Waals surface area contributed by atoms with E-state index in [9.17, 15) is 0 Å². The van der Waals surface area contributed by atoms with Crippen LogP contribution < -0.4 is 5.32 Å². The van der Waals surface area contributed by atoms with Gasteiger partial charge in [-0.15, -0.1) is 0 Å². The highest BCUT2D eigenvalue weighted by molar-refractivity contribution is 9.10. The summed E-state index contributed by atoms with van der Waals surface area (Å²) in [6.07, 6.45) is 1.57. The molecule has 88 valence electrons.